The first-order chi connectivity index (χ1) is 9.94. The molecule has 0 heterocycles. The molecule has 0 fully saturated rings. The summed E-state index contributed by atoms with van der Waals surface area (Å²) in [4.78, 5) is 11.0. The zero-order valence-electron chi connectivity index (χ0n) is 12.5. The number of halogens is 1. The third-order valence-electron chi connectivity index (χ3n) is 3.06. The van der Waals surface area contributed by atoms with Gasteiger partial charge in [0.2, 0.25) is 5.91 Å². The minimum atomic E-state index is -0.132. The Kier molecular flexibility index (Phi) is 4.86. The normalized spacial score (nSPS) is 10.3. The molecule has 0 aliphatic carbocycles. The fourth-order valence-electron chi connectivity index (χ4n) is 2.29. The van der Waals surface area contributed by atoms with Crippen molar-refractivity contribution in [2.24, 2.45) is 0 Å². The minimum absolute atomic E-state index is 0.132. The van der Waals surface area contributed by atoms with Gasteiger partial charge in [-0.1, -0.05) is 40.9 Å². The summed E-state index contributed by atoms with van der Waals surface area (Å²) in [5, 5.41) is 6.55. The molecule has 1 amide bonds. The van der Waals surface area contributed by atoms with Crippen LogP contribution in [0.3, 0.4) is 0 Å². The van der Waals surface area contributed by atoms with Crippen molar-refractivity contribution < 1.29 is 4.79 Å². The number of hydrogen-bond donors (Lipinski definition) is 2. The van der Waals surface area contributed by atoms with Crippen LogP contribution in [-0.2, 0) is 11.3 Å². The maximum absolute atomic E-state index is 11.0. The largest absolute Gasteiger partial charge is 0.381 e. The fraction of sp³-hybridized carbons (Fsp3) is 0.235. The van der Waals surface area contributed by atoms with Gasteiger partial charge in [0.1, 0.15) is 0 Å². The molecular formula is C17H19ClN2O. The molecule has 0 saturated heterocycles. The highest BCUT2D eigenvalue weighted by Crippen LogP contribution is 2.25. The zero-order chi connectivity index (χ0) is 15.4. The van der Waals surface area contributed by atoms with Crippen LogP contribution in [0.2, 0.25) is 5.02 Å². The van der Waals surface area contributed by atoms with Crippen molar-refractivity contribution in [2.45, 2.75) is 27.3 Å². The van der Waals surface area contributed by atoms with Crippen molar-refractivity contribution in [3.05, 3.63) is 58.1 Å². The van der Waals surface area contributed by atoms with Crippen LogP contribution in [0.5, 0.6) is 0 Å². The quantitative estimate of drug-likeness (QED) is 0.871. The third kappa shape index (κ3) is 4.50. The Morgan fingerprint density at radius 3 is 2.33 bits per heavy atom. The number of nitrogens with one attached hydrogen (secondary N) is 2. The van der Waals surface area contributed by atoms with E-state index in [-0.39, 0.29) is 5.91 Å². The summed E-state index contributed by atoms with van der Waals surface area (Å²) < 4.78 is 0. The van der Waals surface area contributed by atoms with Crippen LogP contribution in [-0.4, -0.2) is 5.91 Å². The highest BCUT2D eigenvalue weighted by molar-refractivity contribution is 6.34. The molecule has 0 aliphatic heterocycles. The first kappa shape index (κ1) is 15.4. The molecule has 0 aromatic heterocycles. The van der Waals surface area contributed by atoms with E-state index in [4.69, 9.17) is 11.6 Å². The van der Waals surface area contributed by atoms with Crippen LogP contribution in [0, 0.1) is 13.8 Å². The zero-order valence-corrected chi connectivity index (χ0v) is 13.2. The molecule has 0 aliphatic rings. The molecule has 0 spiro atoms. The number of carbonyl (C=O) groups excluding carboxylic acids is 1. The van der Waals surface area contributed by atoms with Crippen LogP contribution in [0.15, 0.2) is 36.4 Å². The average molecular weight is 303 g/mol. The fourth-order valence-corrected chi connectivity index (χ4v) is 2.52. The Morgan fingerprint density at radius 2 is 1.76 bits per heavy atom. The van der Waals surface area contributed by atoms with Gasteiger partial charge in [-0.25, -0.2) is 0 Å². The van der Waals surface area contributed by atoms with Gasteiger partial charge in [-0.15, -0.1) is 0 Å². The van der Waals surface area contributed by atoms with Crippen LogP contribution < -0.4 is 10.6 Å². The predicted octanol–water partition coefficient (Wildman–Crippen LogP) is 4.53. The Balaban J connectivity index is 2.06. The molecule has 0 atom stereocenters. The van der Waals surface area contributed by atoms with E-state index < -0.39 is 0 Å². The maximum atomic E-state index is 11.0. The standard InChI is InChI=1S/C17H19ClN2O/c1-11-6-12(2)8-14(7-11)10-19-15-4-5-17(16(18)9-15)20-13(3)21/h4-9,19H,10H2,1-3H3,(H,20,21). The van der Waals surface area contributed by atoms with Gasteiger partial charge in [0.25, 0.3) is 0 Å². The predicted molar refractivity (Wildman–Crippen MR) is 89.0 cm³/mol. The molecule has 0 unspecified atom stereocenters. The second-order valence-electron chi connectivity index (χ2n) is 5.23. The van der Waals surface area contributed by atoms with E-state index in [0.29, 0.717) is 10.7 Å². The SMILES string of the molecule is CC(=O)Nc1ccc(NCc2cc(C)cc(C)c2)cc1Cl. The molecule has 4 heteroatoms. The van der Waals surface area contributed by atoms with Crippen molar-refractivity contribution in [3.8, 4) is 0 Å². The summed E-state index contributed by atoms with van der Waals surface area (Å²) in [7, 11) is 0. The number of amides is 1. The smallest absolute Gasteiger partial charge is 0.221 e. The van der Waals surface area contributed by atoms with E-state index in [1.807, 2.05) is 12.1 Å². The topological polar surface area (TPSA) is 41.1 Å². The molecule has 2 aromatic rings. The Hall–Kier alpha value is -2.00. The van der Waals surface area contributed by atoms with Crippen LogP contribution >= 0.6 is 11.6 Å². The summed E-state index contributed by atoms with van der Waals surface area (Å²) in [5.41, 5.74) is 5.29. The lowest BCUT2D eigenvalue weighted by Crippen LogP contribution is -2.06. The van der Waals surface area contributed by atoms with E-state index in [0.717, 1.165) is 12.2 Å². The Labute approximate surface area is 130 Å². The molecule has 0 saturated carbocycles. The average Bonchev–Trinajstić information content (AvgIpc) is 2.38. The molecule has 110 valence electrons. The highest BCUT2D eigenvalue weighted by Gasteiger charge is 2.04. The van der Waals surface area contributed by atoms with Gasteiger partial charge >= 0.3 is 0 Å². The van der Waals surface area contributed by atoms with Gasteiger partial charge in [-0.05, 0) is 37.6 Å². The molecule has 21 heavy (non-hydrogen) atoms. The molecular weight excluding hydrogens is 284 g/mol. The van der Waals surface area contributed by atoms with E-state index >= 15 is 0 Å². The molecule has 2 aromatic carbocycles. The van der Waals surface area contributed by atoms with Gasteiger partial charge in [0.15, 0.2) is 0 Å². The Morgan fingerprint density at radius 1 is 1.10 bits per heavy atom. The third-order valence-corrected chi connectivity index (χ3v) is 3.37. The molecule has 0 bridgehead atoms. The van der Waals surface area contributed by atoms with Gasteiger partial charge in [-0.2, -0.15) is 0 Å². The highest BCUT2D eigenvalue weighted by atomic mass is 35.5. The number of hydrogen-bond acceptors (Lipinski definition) is 2. The van der Waals surface area contributed by atoms with Crippen molar-refractivity contribution in [1.29, 1.82) is 0 Å². The van der Waals surface area contributed by atoms with Crippen molar-refractivity contribution in [2.75, 3.05) is 10.6 Å². The van der Waals surface area contributed by atoms with Crippen molar-refractivity contribution in [1.82, 2.24) is 0 Å². The van der Waals surface area contributed by atoms with Gasteiger partial charge < -0.3 is 10.6 Å². The number of anilines is 2. The summed E-state index contributed by atoms with van der Waals surface area (Å²) in [6, 6.07) is 12.0. The molecule has 3 nitrogen and oxygen atoms in total. The Bertz CT molecular complexity index is 648. The monoisotopic (exact) mass is 302 g/mol. The van der Waals surface area contributed by atoms with Crippen molar-refractivity contribution in [3.63, 3.8) is 0 Å². The number of carbonyl (C=O) groups is 1. The first-order valence-corrected chi connectivity index (χ1v) is 7.20. The van der Waals surface area contributed by atoms with Crippen LogP contribution in [0.1, 0.15) is 23.6 Å². The lowest BCUT2D eigenvalue weighted by Gasteiger charge is -2.11. The van der Waals surface area contributed by atoms with Gasteiger partial charge in [0.05, 0.1) is 10.7 Å². The van der Waals surface area contributed by atoms with Gasteiger partial charge in [-0.3, -0.25) is 4.79 Å². The molecule has 0 radical (unpaired) electrons. The first-order valence-electron chi connectivity index (χ1n) is 6.82. The summed E-state index contributed by atoms with van der Waals surface area (Å²) in [6.45, 7) is 6.38. The summed E-state index contributed by atoms with van der Waals surface area (Å²) in [6.07, 6.45) is 0. The van der Waals surface area contributed by atoms with Crippen LogP contribution in [0.25, 0.3) is 0 Å². The molecule has 2 rings (SSSR count). The second-order valence-corrected chi connectivity index (χ2v) is 5.63. The molecule has 2 N–H and O–H groups in total. The van der Waals surface area contributed by atoms with Gasteiger partial charge in [0, 0.05) is 19.2 Å². The maximum Gasteiger partial charge on any atom is 0.221 e. The van der Waals surface area contributed by atoms with E-state index in [1.165, 1.54) is 23.6 Å². The lowest BCUT2D eigenvalue weighted by molar-refractivity contribution is -0.114. The summed E-state index contributed by atoms with van der Waals surface area (Å²) >= 11 is 6.15. The van der Waals surface area contributed by atoms with E-state index in [1.54, 1.807) is 6.07 Å². The second kappa shape index (κ2) is 6.64. The lowest BCUT2D eigenvalue weighted by atomic mass is 10.1. The van der Waals surface area contributed by atoms with Crippen LogP contribution in [0.4, 0.5) is 11.4 Å². The summed E-state index contributed by atoms with van der Waals surface area (Å²) in [5.74, 6) is -0.132. The number of rotatable bonds is 4. The number of aryl methyl sites for hydroxylation is 2. The van der Waals surface area contributed by atoms with Crippen molar-refractivity contribution >= 4 is 28.9 Å². The van der Waals surface area contributed by atoms with E-state index in [2.05, 4.69) is 42.7 Å². The number of benzene rings is 2. The van der Waals surface area contributed by atoms with E-state index in [9.17, 15) is 4.79 Å². The minimum Gasteiger partial charge on any atom is -0.381 e.